The predicted molar refractivity (Wildman–Crippen MR) is 148 cm³/mol. The Hall–Kier alpha value is -3.83. The van der Waals surface area contributed by atoms with E-state index in [-0.39, 0.29) is 11.9 Å². The number of aryl methyl sites for hydroxylation is 2. The van der Waals surface area contributed by atoms with Crippen LogP contribution in [0.25, 0.3) is 10.9 Å². The van der Waals surface area contributed by atoms with Crippen molar-refractivity contribution in [3.05, 3.63) is 71.4 Å². The lowest BCUT2D eigenvalue weighted by Crippen LogP contribution is -2.47. The molecule has 0 spiro atoms. The van der Waals surface area contributed by atoms with Gasteiger partial charge in [-0.05, 0) is 63.8 Å². The van der Waals surface area contributed by atoms with E-state index in [2.05, 4.69) is 33.7 Å². The number of hydrogen-bond donors (Lipinski definition) is 2. The molecule has 2 aromatic carbocycles. The number of ether oxygens (including phenoxy) is 1. The highest BCUT2D eigenvalue weighted by atomic mass is 16.6. The topological polar surface area (TPSA) is 99.4 Å². The van der Waals surface area contributed by atoms with Crippen molar-refractivity contribution in [2.24, 2.45) is 0 Å². The summed E-state index contributed by atoms with van der Waals surface area (Å²) in [6.07, 6.45) is 2.09. The van der Waals surface area contributed by atoms with Crippen LogP contribution in [-0.4, -0.2) is 59.3 Å². The van der Waals surface area contributed by atoms with E-state index >= 15 is 0 Å². The minimum Gasteiger partial charge on any atom is -0.444 e. The summed E-state index contributed by atoms with van der Waals surface area (Å²) in [5.41, 5.74) is 2.79. The summed E-state index contributed by atoms with van der Waals surface area (Å²) >= 11 is 0. The highest BCUT2D eigenvalue weighted by Gasteiger charge is 2.24. The van der Waals surface area contributed by atoms with Gasteiger partial charge < -0.3 is 24.8 Å². The first-order valence-corrected chi connectivity index (χ1v) is 13.3. The fourth-order valence-corrected chi connectivity index (χ4v) is 4.83. The maximum Gasteiger partial charge on any atom is 0.407 e. The molecule has 1 fully saturated rings. The Morgan fingerprint density at radius 1 is 1.05 bits per heavy atom. The number of likely N-dealkylation sites (tertiary alicyclic amines) is 1. The molecule has 1 aliphatic rings. The molecule has 1 aliphatic heterocycles. The van der Waals surface area contributed by atoms with Gasteiger partial charge in [-0.25, -0.2) is 4.79 Å². The van der Waals surface area contributed by atoms with Gasteiger partial charge in [-0.3, -0.25) is 4.79 Å². The standard InChI is InChI=1S/C30H37N5O3/c1-30(2,3)38-29(37)32-14-18-34-15-12-25(13-16-34)33-28(36)27-20-24-10-9-23(21-31)19-26(24)35(27)17-11-22-7-5-4-6-8-22/h4-10,19-20,25H,11-18H2,1-3H3,(H,32,37)(H,33,36). The zero-order valence-electron chi connectivity index (χ0n) is 22.5. The maximum absolute atomic E-state index is 13.4. The van der Waals surface area contributed by atoms with Crippen LogP contribution in [0.1, 0.15) is 55.2 Å². The van der Waals surface area contributed by atoms with Gasteiger partial charge in [-0.2, -0.15) is 5.26 Å². The minimum absolute atomic E-state index is 0.0854. The first-order valence-electron chi connectivity index (χ1n) is 13.3. The van der Waals surface area contributed by atoms with E-state index in [1.54, 1.807) is 6.07 Å². The number of hydrogen-bond acceptors (Lipinski definition) is 5. The molecule has 2 N–H and O–H groups in total. The van der Waals surface area contributed by atoms with Gasteiger partial charge in [0.05, 0.1) is 11.6 Å². The second kappa shape index (κ2) is 12.1. The van der Waals surface area contributed by atoms with Gasteiger partial charge >= 0.3 is 6.09 Å². The number of benzene rings is 2. The summed E-state index contributed by atoms with van der Waals surface area (Å²) < 4.78 is 7.32. The number of amides is 2. The highest BCUT2D eigenvalue weighted by Crippen LogP contribution is 2.23. The van der Waals surface area contributed by atoms with Crippen molar-refractivity contribution in [1.82, 2.24) is 20.1 Å². The molecule has 1 saturated heterocycles. The Morgan fingerprint density at radius 2 is 1.79 bits per heavy atom. The number of carbonyl (C=O) groups is 2. The average molecular weight is 516 g/mol. The molecule has 0 radical (unpaired) electrons. The van der Waals surface area contributed by atoms with E-state index in [1.807, 2.05) is 61.7 Å². The quantitative estimate of drug-likeness (QED) is 0.461. The van der Waals surface area contributed by atoms with E-state index in [4.69, 9.17) is 4.74 Å². The van der Waals surface area contributed by atoms with Crippen LogP contribution in [0.2, 0.25) is 0 Å². The lowest BCUT2D eigenvalue weighted by Gasteiger charge is -2.32. The Balaban J connectivity index is 1.35. The second-order valence-electron chi connectivity index (χ2n) is 10.8. The predicted octanol–water partition coefficient (Wildman–Crippen LogP) is 4.47. The molecular formula is C30H37N5O3. The van der Waals surface area contributed by atoms with E-state index in [0.29, 0.717) is 24.3 Å². The molecule has 200 valence electrons. The molecule has 0 saturated carbocycles. The van der Waals surface area contributed by atoms with Crippen LogP contribution in [0.4, 0.5) is 4.79 Å². The fraction of sp³-hybridized carbons (Fsp3) is 0.433. The second-order valence-corrected chi connectivity index (χ2v) is 10.8. The number of alkyl carbamates (subject to hydrolysis) is 1. The molecule has 8 heteroatoms. The van der Waals surface area contributed by atoms with E-state index in [0.717, 1.165) is 49.8 Å². The van der Waals surface area contributed by atoms with E-state index < -0.39 is 11.7 Å². The number of nitrogens with zero attached hydrogens (tertiary/aromatic N) is 3. The zero-order chi connectivity index (χ0) is 27.1. The van der Waals surface area contributed by atoms with Crippen molar-refractivity contribution in [3.63, 3.8) is 0 Å². The summed E-state index contributed by atoms with van der Waals surface area (Å²) in [6.45, 7) is 9.16. The summed E-state index contributed by atoms with van der Waals surface area (Å²) in [5.74, 6) is -0.0854. The first-order chi connectivity index (χ1) is 18.2. The Kier molecular flexibility index (Phi) is 8.70. The molecule has 4 rings (SSSR count). The summed E-state index contributed by atoms with van der Waals surface area (Å²) in [7, 11) is 0. The number of piperidine rings is 1. The zero-order valence-corrected chi connectivity index (χ0v) is 22.5. The van der Waals surface area contributed by atoms with E-state index in [1.165, 1.54) is 5.56 Å². The molecule has 8 nitrogen and oxygen atoms in total. The van der Waals surface area contributed by atoms with Gasteiger partial charge in [0.15, 0.2) is 0 Å². The lowest BCUT2D eigenvalue weighted by atomic mass is 10.0. The van der Waals surface area contributed by atoms with Gasteiger partial charge in [0, 0.05) is 49.7 Å². The van der Waals surface area contributed by atoms with Gasteiger partial charge in [-0.15, -0.1) is 0 Å². The molecule has 2 heterocycles. The Labute approximate surface area is 224 Å². The van der Waals surface area contributed by atoms with Crippen LogP contribution in [0.3, 0.4) is 0 Å². The van der Waals surface area contributed by atoms with Crippen molar-refractivity contribution in [2.45, 2.75) is 58.2 Å². The summed E-state index contributed by atoms with van der Waals surface area (Å²) in [4.78, 5) is 27.6. The van der Waals surface area contributed by atoms with Crippen LogP contribution in [0, 0.1) is 11.3 Å². The number of fused-ring (bicyclic) bond motifs is 1. The molecule has 0 unspecified atom stereocenters. The molecular weight excluding hydrogens is 478 g/mol. The van der Waals surface area contributed by atoms with Crippen molar-refractivity contribution in [2.75, 3.05) is 26.2 Å². The van der Waals surface area contributed by atoms with Crippen LogP contribution in [-0.2, 0) is 17.7 Å². The molecule has 0 bridgehead atoms. The largest absolute Gasteiger partial charge is 0.444 e. The van der Waals surface area contributed by atoms with Gasteiger partial charge in [-0.1, -0.05) is 36.4 Å². The number of carbonyl (C=O) groups excluding carboxylic acids is 2. The number of rotatable bonds is 8. The monoisotopic (exact) mass is 515 g/mol. The number of aromatic nitrogens is 1. The minimum atomic E-state index is -0.508. The Morgan fingerprint density at radius 3 is 2.47 bits per heavy atom. The van der Waals surface area contributed by atoms with Gasteiger partial charge in [0.25, 0.3) is 5.91 Å². The van der Waals surface area contributed by atoms with Crippen LogP contribution >= 0.6 is 0 Å². The average Bonchev–Trinajstić information content (AvgIpc) is 3.26. The lowest BCUT2D eigenvalue weighted by molar-refractivity contribution is 0.0518. The number of nitriles is 1. The first kappa shape index (κ1) is 27.2. The molecule has 1 aromatic heterocycles. The molecule has 0 aliphatic carbocycles. The molecule has 0 atom stereocenters. The summed E-state index contributed by atoms with van der Waals surface area (Å²) in [5, 5.41) is 16.4. The summed E-state index contributed by atoms with van der Waals surface area (Å²) in [6, 6.07) is 20.0. The van der Waals surface area contributed by atoms with Crippen LogP contribution in [0.5, 0.6) is 0 Å². The normalized spacial score (nSPS) is 14.7. The van der Waals surface area contributed by atoms with Crippen LogP contribution < -0.4 is 10.6 Å². The maximum atomic E-state index is 13.4. The van der Waals surface area contributed by atoms with Crippen LogP contribution in [0.15, 0.2) is 54.6 Å². The molecule has 3 aromatic rings. The smallest absolute Gasteiger partial charge is 0.407 e. The third-order valence-corrected chi connectivity index (χ3v) is 6.75. The van der Waals surface area contributed by atoms with Gasteiger partial charge in [0.1, 0.15) is 11.3 Å². The highest BCUT2D eigenvalue weighted by molar-refractivity contribution is 5.99. The number of nitrogens with one attached hydrogen (secondary N) is 2. The van der Waals surface area contributed by atoms with E-state index in [9.17, 15) is 14.9 Å². The van der Waals surface area contributed by atoms with Crippen molar-refractivity contribution in [1.29, 1.82) is 5.26 Å². The Bertz CT molecular complexity index is 1300. The van der Waals surface area contributed by atoms with Crippen molar-refractivity contribution >= 4 is 22.9 Å². The fourth-order valence-electron chi connectivity index (χ4n) is 4.83. The third kappa shape index (κ3) is 7.36. The van der Waals surface area contributed by atoms with Gasteiger partial charge in [0.2, 0.25) is 0 Å². The van der Waals surface area contributed by atoms with Crippen molar-refractivity contribution < 1.29 is 14.3 Å². The molecule has 2 amide bonds. The molecule has 38 heavy (non-hydrogen) atoms. The van der Waals surface area contributed by atoms with Crippen molar-refractivity contribution in [3.8, 4) is 6.07 Å². The third-order valence-electron chi connectivity index (χ3n) is 6.75. The SMILES string of the molecule is CC(C)(C)OC(=O)NCCN1CCC(NC(=O)c2cc3ccc(C#N)cc3n2CCc2ccccc2)CC1.